The van der Waals surface area contributed by atoms with Gasteiger partial charge in [-0.2, -0.15) is 0 Å². The standard InChI is InChI=1S/C14H24N4O2/c1-10(2)13(15)17-6-8-19-12(5)20-9-7-18-14(16)11(3)4/h1,3,5-9H2,2,4H3,(H2,15,17)(H2,16,18). The van der Waals surface area contributed by atoms with Crippen molar-refractivity contribution in [2.75, 3.05) is 26.3 Å². The molecule has 0 saturated heterocycles. The molecule has 0 aromatic rings. The SMILES string of the molecule is C=C(OCCN=C(N)C(=C)C)OCCNC(=N)C(=C)C. The van der Waals surface area contributed by atoms with Crippen LogP contribution >= 0.6 is 0 Å². The van der Waals surface area contributed by atoms with Gasteiger partial charge in [0, 0.05) is 0 Å². The van der Waals surface area contributed by atoms with E-state index < -0.39 is 0 Å². The maximum Gasteiger partial charge on any atom is 0.271 e. The number of rotatable bonds is 10. The summed E-state index contributed by atoms with van der Waals surface area (Å²) in [6, 6.07) is 0. The fourth-order valence-electron chi connectivity index (χ4n) is 0.994. The molecule has 0 unspecified atom stereocenters. The molecule has 0 aliphatic carbocycles. The lowest BCUT2D eigenvalue weighted by molar-refractivity contribution is 0.0427. The molecule has 6 nitrogen and oxygen atoms in total. The van der Waals surface area contributed by atoms with Crippen LogP contribution < -0.4 is 11.1 Å². The highest BCUT2D eigenvalue weighted by Crippen LogP contribution is 1.96. The monoisotopic (exact) mass is 280 g/mol. The van der Waals surface area contributed by atoms with Crippen LogP contribution in [0.25, 0.3) is 0 Å². The van der Waals surface area contributed by atoms with Gasteiger partial charge in [0.25, 0.3) is 5.95 Å². The number of nitrogens with zero attached hydrogens (tertiary/aromatic N) is 1. The molecule has 0 aromatic heterocycles. The van der Waals surface area contributed by atoms with Gasteiger partial charge in [-0.1, -0.05) is 13.2 Å². The summed E-state index contributed by atoms with van der Waals surface area (Å²) in [5.41, 5.74) is 6.99. The number of amidine groups is 2. The maximum absolute atomic E-state index is 7.49. The molecule has 0 radical (unpaired) electrons. The normalized spacial score (nSPS) is 10.6. The van der Waals surface area contributed by atoms with Crippen LogP contribution in [0.4, 0.5) is 0 Å². The highest BCUT2D eigenvalue weighted by atomic mass is 16.7. The van der Waals surface area contributed by atoms with Crippen molar-refractivity contribution >= 4 is 11.7 Å². The Balaban J connectivity index is 3.65. The van der Waals surface area contributed by atoms with E-state index in [0.717, 1.165) is 5.57 Å². The van der Waals surface area contributed by atoms with Crippen LogP contribution in [0.15, 0.2) is 41.8 Å². The number of nitrogens with one attached hydrogen (secondary N) is 2. The second-order valence-electron chi connectivity index (χ2n) is 4.20. The predicted octanol–water partition coefficient (Wildman–Crippen LogP) is 1.57. The second kappa shape index (κ2) is 9.66. The van der Waals surface area contributed by atoms with Gasteiger partial charge in [0.05, 0.1) is 13.1 Å². The summed E-state index contributed by atoms with van der Waals surface area (Å²) in [6.45, 7) is 16.1. The summed E-state index contributed by atoms with van der Waals surface area (Å²) in [5.74, 6) is 0.935. The zero-order valence-corrected chi connectivity index (χ0v) is 12.3. The van der Waals surface area contributed by atoms with Crippen molar-refractivity contribution in [1.82, 2.24) is 5.32 Å². The van der Waals surface area contributed by atoms with Crippen LogP contribution in [0.5, 0.6) is 0 Å². The highest BCUT2D eigenvalue weighted by molar-refractivity contribution is 5.95. The Hall–Kier alpha value is -2.24. The van der Waals surface area contributed by atoms with E-state index in [0.29, 0.717) is 43.5 Å². The van der Waals surface area contributed by atoms with Crippen LogP contribution in [0.3, 0.4) is 0 Å². The average Bonchev–Trinajstić information content (AvgIpc) is 2.38. The van der Waals surface area contributed by atoms with E-state index in [1.54, 1.807) is 13.8 Å². The topological polar surface area (TPSA) is 92.7 Å². The van der Waals surface area contributed by atoms with E-state index in [1.165, 1.54) is 0 Å². The minimum absolute atomic E-state index is 0.220. The van der Waals surface area contributed by atoms with Crippen molar-refractivity contribution in [2.45, 2.75) is 13.8 Å². The van der Waals surface area contributed by atoms with Crippen LogP contribution in [-0.2, 0) is 9.47 Å². The van der Waals surface area contributed by atoms with E-state index in [2.05, 4.69) is 30.0 Å². The summed E-state index contributed by atoms with van der Waals surface area (Å²) in [6.07, 6.45) is 0. The number of ether oxygens (including phenoxy) is 2. The van der Waals surface area contributed by atoms with Gasteiger partial charge in [-0.25, -0.2) is 0 Å². The van der Waals surface area contributed by atoms with E-state index in [4.69, 9.17) is 20.6 Å². The molecule has 0 rings (SSSR count). The zero-order chi connectivity index (χ0) is 15.5. The lowest BCUT2D eigenvalue weighted by Crippen LogP contribution is -2.27. The van der Waals surface area contributed by atoms with Crippen molar-refractivity contribution in [1.29, 1.82) is 5.41 Å². The smallest absolute Gasteiger partial charge is 0.271 e. The van der Waals surface area contributed by atoms with Gasteiger partial charge < -0.3 is 20.5 Å². The second-order valence-corrected chi connectivity index (χ2v) is 4.20. The van der Waals surface area contributed by atoms with Gasteiger partial charge >= 0.3 is 0 Å². The van der Waals surface area contributed by atoms with Crippen molar-refractivity contribution in [2.24, 2.45) is 10.7 Å². The van der Waals surface area contributed by atoms with Crippen LogP contribution in [0.1, 0.15) is 13.8 Å². The Morgan fingerprint density at radius 3 is 2.30 bits per heavy atom. The number of hydrogen-bond acceptors (Lipinski definition) is 4. The molecule has 112 valence electrons. The molecule has 0 atom stereocenters. The number of aliphatic imine (C=N–C) groups is 1. The van der Waals surface area contributed by atoms with Gasteiger partial charge in [0.15, 0.2) is 0 Å². The van der Waals surface area contributed by atoms with Crippen molar-refractivity contribution in [3.63, 3.8) is 0 Å². The molecule has 6 heteroatoms. The third-order valence-corrected chi connectivity index (χ3v) is 2.17. The molecule has 4 N–H and O–H groups in total. The Kier molecular flexibility index (Phi) is 8.58. The fourth-order valence-corrected chi connectivity index (χ4v) is 0.994. The molecule has 0 saturated carbocycles. The van der Waals surface area contributed by atoms with Crippen LogP contribution in [-0.4, -0.2) is 38.0 Å². The molecule has 0 spiro atoms. The number of nitrogens with two attached hydrogens (primary N) is 1. The molecule has 0 amide bonds. The summed E-state index contributed by atoms with van der Waals surface area (Å²) in [7, 11) is 0. The van der Waals surface area contributed by atoms with Crippen LogP contribution in [0.2, 0.25) is 0 Å². The van der Waals surface area contributed by atoms with Gasteiger partial charge in [-0.3, -0.25) is 10.4 Å². The molecule has 0 aliphatic rings. The first-order chi connectivity index (χ1) is 9.34. The summed E-state index contributed by atoms with van der Waals surface area (Å²) < 4.78 is 10.4. The first-order valence-corrected chi connectivity index (χ1v) is 6.23. The molecule has 0 aliphatic heterocycles. The van der Waals surface area contributed by atoms with Gasteiger partial charge in [0.1, 0.15) is 24.9 Å². The molecule has 20 heavy (non-hydrogen) atoms. The van der Waals surface area contributed by atoms with Gasteiger partial charge in [-0.15, -0.1) is 0 Å². The van der Waals surface area contributed by atoms with Crippen molar-refractivity contribution < 1.29 is 9.47 Å². The molecule has 0 fully saturated rings. The van der Waals surface area contributed by atoms with E-state index in [-0.39, 0.29) is 5.95 Å². The first-order valence-electron chi connectivity index (χ1n) is 6.23. The van der Waals surface area contributed by atoms with Crippen molar-refractivity contribution in [3.05, 3.63) is 36.8 Å². The Labute approximate surface area is 120 Å². The average molecular weight is 280 g/mol. The molecular formula is C14H24N4O2. The largest absolute Gasteiger partial charge is 0.464 e. The summed E-state index contributed by atoms with van der Waals surface area (Å²) in [4.78, 5) is 4.06. The summed E-state index contributed by atoms with van der Waals surface area (Å²) in [5, 5.41) is 10.3. The summed E-state index contributed by atoms with van der Waals surface area (Å²) >= 11 is 0. The zero-order valence-electron chi connectivity index (χ0n) is 12.3. The molecule has 0 aromatic carbocycles. The minimum Gasteiger partial charge on any atom is -0.464 e. The molecule has 0 bridgehead atoms. The highest BCUT2D eigenvalue weighted by Gasteiger charge is 1.98. The first kappa shape index (κ1) is 17.8. The van der Waals surface area contributed by atoms with Crippen molar-refractivity contribution in [3.8, 4) is 0 Å². The third-order valence-electron chi connectivity index (χ3n) is 2.17. The van der Waals surface area contributed by atoms with Gasteiger partial charge in [0.2, 0.25) is 0 Å². The number of hydrogen-bond donors (Lipinski definition) is 3. The van der Waals surface area contributed by atoms with Crippen LogP contribution in [0, 0.1) is 5.41 Å². The van der Waals surface area contributed by atoms with E-state index >= 15 is 0 Å². The predicted molar refractivity (Wildman–Crippen MR) is 82.9 cm³/mol. The maximum atomic E-state index is 7.49. The quantitative estimate of drug-likeness (QED) is 0.245. The Bertz CT molecular complexity index is 413. The van der Waals surface area contributed by atoms with E-state index in [1.807, 2.05) is 0 Å². The molecule has 0 heterocycles. The molecular weight excluding hydrogens is 256 g/mol. The Morgan fingerprint density at radius 1 is 1.15 bits per heavy atom. The lowest BCUT2D eigenvalue weighted by atomic mass is 10.3. The minimum atomic E-state index is 0.220. The van der Waals surface area contributed by atoms with Gasteiger partial charge in [-0.05, 0) is 31.6 Å². The Morgan fingerprint density at radius 2 is 1.75 bits per heavy atom. The fraction of sp³-hybridized carbons (Fsp3) is 0.429. The third kappa shape index (κ3) is 8.79. The lowest BCUT2D eigenvalue weighted by Gasteiger charge is -2.11. The van der Waals surface area contributed by atoms with E-state index in [9.17, 15) is 0 Å².